The molecule has 0 saturated carbocycles. The molecule has 0 aromatic heterocycles. The van der Waals surface area contributed by atoms with Crippen LogP contribution in [0.5, 0.6) is 11.5 Å². The van der Waals surface area contributed by atoms with E-state index in [0.29, 0.717) is 43.0 Å². The van der Waals surface area contributed by atoms with Gasteiger partial charge in [-0.05, 0) is 43.9 Å². The van der Waals surface area contributed by atoms with Crippen molar-refractivity contribution in [3.63, 3.8) is 0 Å². The molecule has 1 atom stereocenters. The van der Waals surface area contributed by atoms with E-state index in [2.05, 4.69) is 12.1 Å². The van der Waals surface area contributed by atoms with Crippen LogP contribution in [0.4, 0.5) is 0 Å². The van der Waals surface area contributed by atoms with Crippen LogP contribution in [0.2, 0.25) is 0 Å². The Bertz CT molecular complexity index is 855. The van der Waals surface area contributed by atoms with E-state index in [1.54, 1.807) is 31.3 Å². The molecule has 1 aliphatic heterocycles. The lowest BCUT2D eigenvalue weighted by Crippen LogP contribution is -2.38. The number of hydrogen-bond donors (Lipinski definition) is 0. The molecule has 1 amide bonds. The largest absolute Gasteiger partial charge is 0.496 e. The fourth-order valence-electron chi connectivity index (χ4n) is 3.74. The second-order valence-corrected chi connectivity index (χ2v) is 7.50. The number of ether oxygens (including phenoxy) is 3. The zero-order chi connectivity index (χ0) is 21.5. The van der Waals surface area contributed by atoms with Crippen LogP contribution in [-0.2, 0) is 16.0 Å². The molecule has 160 valence electrons. The maximum absolute atomic E-state index is 13.4. The first kappa shape index (κ1) is 21.7. The summed E-state index contributed by atoms with van der Waals surface area (Å²) in [6.45, 7) is 2.85. The van der Waals surface area contributed by atoms with Gasteiger partial charge in [0.25, 0.3) is 5.91 Å². The van der Waals surface area contributed by atoms with Gasteiger partial charge in [-0.1, -0.05) is 30.3 Å². The number of benzene rings is 2. The summed E-state index contributed by atoms with van der Waals surface area (Å²) >= 11 is 0. The molecular weight excluding hydrogens is 382 g/mol. The van der Waals surface area contributed by atoms with Crippen LogP contribution in [0, 0.1) is 6.92 Å². The number of aryl methyl sites for hydroxylation is 1. The van der Waals surface area contributed by atoms with Crippen molar-refractivity contribution in [3.05, 3.63) is 59.2 Å². The Balaban J connectivity index is 1.77. The van der Waals surface area contributed by atoms with Gasteiger partial charge in [-0.25, -0.2) is 0 Å². The Kier molecular flexibility index (Phi) is 7.33. The van der Waals surface area contributed by atoms with E-state index in [9.17, 15) is 9.59 Å². The van der Waals surface area contributed by atoms with Gasteiger partial charge >= 0.3 is 5.97 Å². The van der Waals surface area contributed by atoms with E-state index in [0.717, 1.165) is 18.4 Å². The van der Waals surface area contributed by atoms with Crippen molar-refractivity contribution in [2.45, 2.75) is 38.7 Å². The fourth-order valence-corrected chi connectivity index (χ4v) is 3.74. The number of hydrogen-bond acceptors (Lipinski definition) is 5. The third kappa shape index (κ3) is 5.32. The molecule has 6 nitrogen and oxygen atoms in total. The van der Waals surface area contributed by atoms with E-state index in [4.69, 9.17) is 14.2 Å². The monoisotopic (exact) mass is 411 g/mol. The predicted octanol–water partition coefficient (Wildman–Crippen LogP) is 3.79. The van der Waals surface area contributed by atoms with Gasteiger partial charge in [0.2, 0.25) is 0 Å². The highest BCUT2D eigenvalue weighted by molar-refractivity contribution is 5.95. The highest BCUT2D eigenvalue weighted by Gasteiger charge is 2.28. The van der Waals surface area contributed by atoms with Crippen molar-refractivity contribution in [1.82, 2.24) is 4.90 Å². The van der Waals surface area contributed by atoms with Crippen LogP contribution >= 0.6 is 0 Å². The number of carbonyl (C=O) groups excluding carboxylic acids is 2. The van der Waals surface area contributed by atoms with E-state index >= 15 is 0 Å². The topological polar surface area (TPSA) is 65.1 Å². The second-order valence-electron chi connectivity index (χ2n) is 7.50. The molecule has 2 aromatic carbocycles. The van der Waals surface area contributed by atoms with Crippen LogP contribution in [0.25, 0.3) is 0 Å². The zero-order valence-corrected chi connectivity index (χ0v) is 17.8. The van der Waals surface area contributed by atoms with E-state index in [1.807, 2.05) is 25.1 Å². The maximum Gasteiger partial charge on any atom is 0.306 e. The van der Waals surface area contributed by atoms with Crippen molar-refractivity contribution in [1.29, 1.82) is 0 Å². The highest BCUT2D eigenvalue weighted by Crippen LogP contribution is 2.30. The van der Waals surface area contributed by atoms with Crippen molar-refractivity contribution in [2.75, 3.05) is 27.3 Å². The molecule has 3 rings (SSSR count). The van der Waals surface area contributed by atoms with Gasteiger partial charge in [0, 0.05) is 24.1 Å². The summed E-state index contributed by atoms with van der Waals surface area (Å²) in [6, 6.07) is 13.7. The average molecular weight is 411 g/mol. The highest BCUT2D eigenvalue weighted by atomic mass is 16.5. The molecule has 1 fully saturated rings. The summed E-state index contributed by atoms with van der Waals surface area (Å²) in [5.41, 5.74) is 2.58. The molecule has 0 spiro atoms. The minimum Gasteiger partial charge on any atom is -0.496 e. The molecule has 0 radical (unpaired) electrons. The van der Waals surface area contributed by atoms with Gasteiger partial charge in [-0.2, -0.15) is 0 Å². The van der Waals surface area contributed by atoms with Crippen molar-refractivity contribution in [3.8, 4) is 11.5 Å². The Morgan fingerprint density at radius 2 is 1.80 bits per heavy atom. The van der Waals surface area contributed by atoms with Crippen molar-refractivity contribution < 1.29 is 23.8 Å². The van der Waals surface area contributed by atoms with Crippen LogP contribution < -0.4 is 9.47 Å². The van der Waals surface area contributed by atoms with E-state index in [-0.39, 0.29) is 18.0 Å². The van der Waals surface area contributed by atoms with Gasteiger partial charge in [-0.3, -0.25) is 9.59 Å². The minimum atomic E-state index is -0.257. The molecular formula is C24H29NO5. The first-order valence-electron chi connectivity index (χ1n) is 10.3. The van der Waals surface area contributed by atoms with Gasteiger partial charge < -0.3 is 19.1 Å². The number of cyclic esters (lactones) is 1. The lowest BCUT2D eigenvalue weighted by atomic mass is 10.1. The Hall–Kier alpha value is -3.02. The lowest BCUT2D eigenvalue weighted by molar-refractivity contribution is -0.141. The third-order valence-electron chi connectivity index (χ3n) is 5.42. The lowest BCUT2D eigenvalue weighted by Gasteiger charge is -2.26. The van der Waals surface area contributed by atoms with Crippen LogP contribution in [0.1, 0.15) is 40.7 Å². The number of esters is 1. The number of carbonyl (C=O) groups is 2. The Labute approximate surface area is 177 Å². The second kappa shape index (κ2) is 10.1. The summed E-state index contributed by atoms with van der Waals surface area (Å²) in [6.07, 6.45) is 2.48. The summed E-state index contributed by atoms with van der Waals surface area (Å²) in [5.74, 6) is 0.890. The molecule has 0 bridgehead atoms. The molecule has 2 aromatic rings. The Morgan fingerprint density at radius 1 is 1.13 bits per heavy atom. The fraction of sp³-hybridized carbons (Fsp3) is 0.417. The van der Waals surface area contributed by atoms with Crippen molar-refractivity contribution in [2.24, 2.45) is 0 Å². The molecule has 30 heavy (non-hydrogen) atoms. The summed E-state index contributed by atoms with van der Waals surface area (Å²) in [4.78, 5) is 26.7. The van der Waals surface area contributed by atoms with Gasteiger partial charge in [0.05, 0.1) is 20.8 Å². The standard InChI is InChI=1S/C24H29NO5/c1-17-21(28-2)14-19(15-22(17)29-3)24(27)25(16-20-11-12-23(26)30-20)13-7-10-18-8-5-4-6-9-18/h4-6,8-9,14-15,20H,7,10-13,16H2,1-3H3/t20-/m1/s1. The number of amides is 1. The zero-order valence-electron chi connectivity index (χ0n) is 17.8. The predicted molar refractivity (Wildman–Crippen MR) is 114 cm³/mol. The van der Waals surface area contributed by atoms with Gasteiger partial charge in [-0.15, -0.1) is 0 Å². The summed E-state index contributed by atoms with van der Waals surface area (Å²) in [7, 11) is 3.15. The molecule has 0 N–H and O–H groups in total. The Morgan fingerprint density at radius 3 is 2.37 bits per heavy atom. The van der Waals surface area contributed by atoms with Gasteiger partial charge in [0.1, 0.15) is 17.6 Å². The van der Waals surface area contributed by atoms with E-state index < -0.39 is 0 Å². The first-order chi connectivity index (χ1) is 14.5. The quantitative estimate of drug-likeness (QED) is 0.588. The molecule has 6 heteroatoms. The maximum atomic E-state index is 13.4. The van der Waals surface area contributed by atoms with Crippen LogP contribution in [0.15, 0.2) is 42.5 Å². The molecule has 0 aliphatic carbocycles. The first-order valence-corrected chi connectivity index (χ1v) is 10.3. The smallest absolute Gasteiger partial charge is 0.306 e. The van der Waals surface area contributed by atoms with Crippen LogP contribution in [0.3, 0.4) is 0 Å². The molecule has 0 unspecified atom stereocenters. The number of nitrogens with zero attached hydrogens (tertiary/aromatic N) is 1. The number of methoxy groups -OCH3 is 2. The number of rotatable bonds is 9. The normalized spacial score (nSPS) is 15.6. The average Bonchev–Trinajstić information content (AvgIpc) is 3.18. The van der Waals surface area contributed by atoms with E-state index in [1.165, 1.54) is 5.56 Å². The van der Waals surface area contributed by atoms with Crippen molar-refractivity contribution >= 4 is 11.9 Å². The van der Waals surface area contributed by atoms with Gasteiger partial charge in [0.15, 0.2) is 0 Å². The van der Waals surface area contributed by atoms with Crippen LogP contribution in [-0.4, -0.2) is 50.2 Å². The molecule has 1 aliphatic rings. The molecule has 1 saturated heterocycles. The summed E-state index contributed by atoms with van der Waals surface area (Å²) < 4.78 is 16.2. The third-order valence-corrected chi connectivity index (χ3v) is 5.42. The molecule has 1 heterocycles. The minimum absolute atomic E-state index is 0.123. The SMILES string of the molecule is COc1cc(C(=O)N(CCCc2ccccc2)C[C@H]2CCC(=O)O2)cc(OC)c1C. The summed E-state index contributed by atoms with van der Waals surface area (Å²) in [5, 5.41) is 0.